The van der Waals surface area contributed by atoms with Crippen molar-refractivity contribution < 1.29 is 19.1 Å². The van der Waals surface area contributed by atoms with E-state index >= 15 is 0 Å². The van der Waals surface area contributed by atoms with Gasteiger partial charge in [0.05, 0.1) is 12.0 Å². The summed E-state index contributed by atoms with van der Waals surface area (Å²) in [5.41, 5.74) is 1.15. The molecule has 0 unspecified atom stereocenters. The molecule has 7 heteroatoms. The van der Waals surface area contributed by atoms with Crippen LogP contribution in [0.25, 0.3) is 10.1 Å². The number of methoxy groups -OCH3 is 1. The molecule has 4 aromatic rings. The molecule has 0 bridgehead atoms. The standard InChI is InChI=1S/C24H20N2O4S/c1-29-19-10-3-4-11-20(19)30-15-23(27)25-17-8-6-9-18(14-17)26-24(28)22-13-16-7-2-5-12-21(16)31-22/h2-14H,15H2,1H3,(H,25,27)(H,26,28). The van der Waals surface area contributed by atoms with Crippen LogP contribution in [-0.2, 0) is 4.79 Å². The van der Waals surface area contributed by atoms with Crippen LogP contribution in [0.1, 0.15) is 9.67 Å². The highest BCUT2D eigenvalue weighted by molar-refractivity contribution is 7.20. The van der Waals surface area contributed by atoms with Crippen molar-refractivity contribution in [3.05, 3.63) is 83.7 Å². The molecule has 0 fully saturated rings. The third-order valence-electron chi connectivity index (χ3n) is 4.48. The Morgan fingerprint density at radius 1 is 0.839 bits per heavy atom. The summed E-state index contributed by atoms with van der Waals surface area (Å²) >= 11 is 1.44. The minimum Gasteiger partial charge on any atom is -0.493 e. The van der Waals surface area contributed by atoms with E-state index in [0.717, 1.165) is 10.1 Å². The molecule has 4 rings (SSSR count). The Hall–Kier alpha value is -3.84. The van der Waals surface area contributed by atoms with Crippen molar-refractivity contribution in [2.24, 2.45) is 0 Å². The molecule has 0 saturated heterocycles. The van der Waals surface area contributed by atoms with Gasteiger partial charge >= 0.3 is 0 Å². The van der Waals surface area contributed by atoms with Crippen molar-refractivity contribution in [2.75, 3.05) is 24.4 Å². The lowest BCUT2D eigenvalue weighted by Crippen LogP contribution is -2.20. The van der Waals surface area contributed by atoms with Crippen molar-refractivity contribution >= 4 is 44.6 Å². The average Bonchev–Trinajstić information content (AvgIpc) is 3.23. The molecule has 1 aromatic heterocycles. The number of carbonyl (C=O) groups is 2. The summed E-state index contributed by atoms with van der Waals surface area (Å²) in [4.78, 5) is 25.5. The molecule has 0 spiro atoms. The van der Waals surface area contributed by atoms with E-state index in [1.165, 1.54) is 11.3 Å². The zero-order valence-electron chi connectivity index (χ0n) is 16.8. The Morgan fingerprint density at radius 2 is 1.55 bits per heavy atom. The molecule has 31 heavy (non-hydrogen) atoms. The number of hydrogen-bond acceptors (Lipinski definition) is 5. The molecule has 0 aliphatic rings. The van der Waals surface area contributed by atoms with Gasteiger partial charge in [-0.05, 0) is 47.9 Å². The second-order valence-corrected chi connectivity index (χ2v) is 7.75. The molecule has 0 aliphatic heterocycles. The number of para-hydroxylation sites is 2. The van der Waals surface area contributed by atoms with Gasteiger partial charge in [0.25, 0.3) is 11.8 Å². The minimum absolute atomic E-state index is 0.168. The van der Waals surface area contributed by atoms with Gasteiger partial charge in [-0.15, -0.1) is 11.3 Å². The fourth-order valence-electron chi connectivity index (χ4n) is 3.04. The van der Waals surface area contributed by atoms with E-state index in [4.69, 9.17) is 9.47 Å². The molecule has 156 valence electrons. The predicted octanol–water partition coefficient (Wildman–Crippen LogP) is 5.18. The van der Waals surface area contributed by atoms with Crippen molar-refractivity contribution in [3.8, 4) is 11.5 Å². The van der Waals surface area contributed by atoms with Crippen LogP contribution in [0, 0.1) is 0 Å². The highest BCUT2D eigenvalue weighted by Crippen LogP contribution is 2.27. The number of anilines is 2. The Kier molecular flexibility index (Phi) is 6.14. The number of benzene rings is 3. The molecule has 0 atom stereocenters. The van der Waals surface area contributed by atoms with Crippen molar-refractivity contribution in [1.29, 1.82) is 0 Å². The summed E-state index contributed by atoms with van der Waals surface area (Å²) in [6.45, 7) is -0.168. The van der Waals surface area contributed by atoms with Gasteiger partial charge in [-0.3, -0.25) is 9.59 Å². The first-order chi connectivity index (χ1) is 15.1. The zero-order valence-corrected chi connectivity index (χ0v) is 17.6. The number of fused-ring (bicyclic) bond motifs is 1. The van der Waals surface area contributed by atoms with E-state index in [-0.39, 0.29) is 18.4 Å². The maximum absolute atomic E-state index is 12.6. The monoisotopic (exact) mass is 432 g/mol. The van der Waals surface area contributed by atoms with Crippen LogP contribution in [0.2, 0.25) is 0 Å². The smallest absolute Gasteiger partial charge is 0.265 e. The van der Waals surface area contributed by atoms with E-state index in [1.54, 1.807) is 49.6 Å². The highest BCUT2D eigenvalue weighted by atomic mass is 32.1. The minimum atomic E-state index is -0.320. The average molecular weight is 433 g/mol. The molecule has 2 N–H and O–H groups in total. The number of nitrogens with one attached hydrogen (secondary N) is 2. The fourth-order valence-corrected chi connectivity index (χ4v) is 4.00. The third kappa shape index (κ3) is 5.02. The van der Waals surface area contributed by atoms with Crippen molar-refractivity contribution in [2.45, 2.75) is 0 Å². The van der Waals surface area contributed by atoms with E-state index in [1.807, 2.05) is 36.4 Å². The lowest BCUT2D eigenvalue weighted by Gasteiger charge is -2.11. The number of rotatable bonds is 7. The van der Waals surface area contributed by atoms with E-state index < -0.39 is 0 Å². The van der Waals surface area contributed by atoms with Gasteiger partial charge in [-0.1, -0.05) is 36.4 Å². The number of thiophene rings is 1. The maximum Gasteiger partial charge on any atom is 0.265 e. The largest absolute Gasteiger partial charge is 0.493 e. The van der Waals surface area contributed by atoms with E-state index in [9.17, 15) is 9.59 Å². The Balaban J connectivity index is 1.37. The Morgan fingerprint density at radius 3 is 2.32 bits per heavy atom. The normalized spacial score (nSPS) is 10.5. The van der Waals surface area contributed by atoms with Gasteiger partial charge in [0, 0.05) is 16.1 Å². The van der Waals surface area contributed by atoms with Crippen LogP contribution in [0.3, 0.4) is 0 Å². The summed E-state index contributed by atoms with van der Waals surface area (Å²) in [5.74, 6) is 0.536. The predicted molar refractivity (Wildman–Crippen MR) is 123 cm³/mol. The van der Waals surface area contributed by atoms with Crippen LogP contribution >= 0.6 is 11.3 Å². The van der Waals surface area contributed by atoms with Crippen molar-refractivity contribution in [1.82, 2.24) is 0 Å². The van der Waals surface area contributed by atoms with E-state index in [0.29, 0.717) is 27.8 Å². The topological polar surface area (TPSA) is 76.7 Å². The first kappa shape index (κ1) is 20.4. The van der Waals surface area contributed by atoms with Gasteiger partial charge in [0.1, 0.15) is 0 Å². The molecular formula is C24H20N2O4S. The van der Waals surface area contributed by atoms with Crippen molar-refractivity contribution in [3.63, 3.8) is 0 Å². The second-order valence-electron chi connectivity index (χ2n) is 6.67. The lowest BCUT2D eigenvalue weighted by atomic mass is 10.2. The molecule has 6 nitrogen and oxygen atoms in total. The van der Waals surface area contributed by atoms with Gasteiger partial charge in [0.2, 0.25) is 0 Å². The number of hydrogen-bond donors (Lipinski definition) is 2. The Bertz CT molecular complexity index is 1200. The summed E-state index contributed by atoms with van der Waals surface area (Å²) in [7, 11) is 1.54. The van der Waals surface area contributed by atoms with Gasteiger partial charge in [-0.2, -0.15) is 0 Å². The third-order valence-corrected chi connectivity index (χ3v) is 5.60. The number of ether oxygens (including phenoxy) is 2. The first-order valence-electron chi connectivity index (χ1n) is 9.58. The van der Waals surface area contributed by atoms with Crippen LogP contribution in [-0.4, -0.2) is 25.5 Å². The highest BCUT2D eigenvalue weighted by Gasteiger charge is 2.12. The SMILES string of the molecule is COc1ccccc1OCC(=O)Nc1cccc(NC(=O)c2cc3ccccc3s2)c1. The quantitative estimate of drug-likeness (QED) is 0.422. The molecule has 0 saturated carbocycles. The molecule has 0 aliphatic carbocycles. The summed E-state index contributed by atoms with van der Waals surface area (Å²) < 4.78 is 11.8. The first-order valence-corrected chi connectivity index (χ1v) is 10.4. The van der Waals surface area contributed by atoms with Crippen LogP contribution in [0.5, 0.6) is 11.5 Å². The fraction of sp³-hybridized carbons (Fsp3) is 0.0833. The van der Waals surface area contributed by atoms with Crippen LogP contribution in [0.4, 0.5) is 11.4 Å². The summed E-state index contributed by atoms with van der Waals surface area (Å²) in [6.07, 6.45) is 0. The molecule has 3 aromatic carbocycles. The van der Waals surface area contributed by atoms with Gasteiger partial charge in [-0.25, -0.2) is 0 Å². The molecular weight excluding hydrogens is 412 g/mol. The number of amides is 2. The zero-order chi connectivity index (χ0) is 21.6. The molecule has 0 radical (unpaired) electrons. The number of carbonyl (C=O) groups excluding carboxylic acids is 2. The molecule has 1 heterocycles. The van der Waals surface area contributed by atoms with Crippen LogP contribution in [0.15, 0.2) is 78.9 Å². The maximum atomic E-state index is 12.6. The second kappa shape index (κ2) is 9.32. The van der Waals surface area contributed by atoms with Gasteiger partial charge < -0.3 is 20.1 Å². The summed E-state index contributed by atoms with van der Waals surface area (Å²) in [6, 6.07) is 23.8. The Labute approximate surface area is 183 Å². The molecule has 2 amide bonds. The summed E-state index contributed by atoms with van der Waals surface area (Å²) in [5, 5.41) is 6.69. The van der Waals surface area contributed by atoms with Crippen LogP contribution < -0.4 is 20.1 Å². The van der Waals surface area contributed by atoms with E-state index in [2.05, 4.69) is 10.6 Å². The van der Waals surface area contributed by atoms with Gasteiger partial charge in [0.15, 0.2) is 18.1 Å². The lowest BCUT2D eigenvalue weighted by molar-refractivity contribution is -0.118.